The van der Waals surface area contributed by atoms with E-state index in [9.17, 15) is 9.18 Å². The van der Waals surface area contributed by atoms with Gasteiger partial charge in [-0.2, -0.15) is 0 Å². The molecular weight excluding hydrogens is 291 g/mol. The number of carbonyl (C=O) groups is 1. The summed E-state index contributed by atoms with van der Waals surface area (Å²) in [6.45, 7) is 1.93. The highest BCUT2D eigenvalue weighted by molar-refractivity contribution is 6.30. The van der Waals surface area contributed by atoms with Crippen molar-refractivity contribution in [3.63, 3.8) is 0 Å². The number of nitrogens with one attached hydrogen (secondary N) is 2. The lowest BCUT2D eigenvalue weighted by atomic mass is 10.1. The summed E-state index contributed by atoms with van der Waals surface area (Å²) in [5.74, 6) is -0.563. The fraction of sp³-hybridized carbons (Fsp3) is 0.188. The minimum atomic E-state index is -0.433. The van der Waals surface area contributed by atoms with Crippen LogP contribution in [0.1, 0.15) is 28.9 Å². The van der Waals surface area contributed by atoms with Crippen molar-refractivity contribution >= 4 is 23.2 Å². The lowest BCUT2D eigenvalue weighted by Crippen LogP contribution is -2.17. The quantitative estimate of drug-likeness (QED) is 0.896. The third kappa shape index (κ3) is 3.73. The van der Waals surface area contributed by atoms with Crippen LogP contribution in [0.3, 0.4) is 0 Å². The maximum absolute atomic E-state index is 13.5. The van der Waals surface area contributed by atoms with Crippen molar-refractivity contribution in [1.82, 2.24) is 5.32 Å². The number of halogens is 2. The highest BCUT2D eigenvalue weighted by Gasteiger charge is 2.09. The Morgan fingerprint density at radius 3 is 2.43 bits per heavy atom. The molecule has 2 aromatic rings. The van der Waals surface area contributed by atoms with E-state index in [1.165, 1.54) is 6.07 Å². The van der Waals surface area contributed by atoms with Crippen molar-refractivity contribution in [2.75, 3.05) is 12.4 Å². The fourth-order valence-corrected chi connectivity index (χ4v) is 2.09. The molecular formula is C16H16ClFN2O. The molecule has 0 radical (unpaired) electrons. The molecule has 0 heterocycles. The van der Waals surface area contributed by atoms with Gasteiger partial charge in [0.1, 0.15) is 5.82 Å². The first-order chi connectivity index (χ1) is 10.0. The van der Waals surface area contributed by atoms with Gasteiger partial charge in [-0.05, 0) is 48.9 Å². The van der Waals surface area contributed by atoms with Crippen LogP contribution in [0.5, 0.6) is 0 Å². The third-order valence-electron chi connectivity index (χ3n) is 3.20. The van der Waals surface area contributed by atoms with Gasteiger partial charge in [0, 0.05) is 24.3 Å². The summed E-state index contributed by atoms with van der Waals surface area (Å²) in [4.78, 5) is 11.5. The lowest BCUT2D eigenvalue weighted by molar-refractivity contribution is 0.0963. The molecule has 0 aliphatic heterocycles. The zero-order valence-electron chi connectivity index (χ0n) is 11.8. The van der Waals surface area contributed by atoms with Crippen molar-refractivity contribution < 1.29 is 9.18 Å². The Morgan fingerprint density at radius 1 is 1.19 bits per heavy atom. The van der Waals surface area contributed by atoms with Gasteiger partial charge in [-0.15, -0.1) is 0 Å². The molecule has 5 heteroatoms. The summed E-state index contributed by atoms with van der Waals surface area (Å²) < 4.78 is 13.5. The van der Waals surface area contributed by atoms with Gasteiger partial charge in [0.2, 0.25) is 0 Å². The van der Waals surface area contributed by atoms with Crippen LogP contribution in [0.25, 0.3) is 0 Å². The van der Waals surface area contributed by atoms with Gasteiger partial charge in [0.15, 0.2) is 0 Å². The molecule has 2 N–H and O–H groups in total. The smallest absolute Gasteiger partial charge is 0.251 e. The second kappa shape index (κ2) is 6.59. The molecule has 3 nitrogen and oxygen atoms in total. The van der Waals surface area contributed by atoms with Crippen LogP contribution < -0.4 is 10.6 Å². The number of carbonyl (C=O) groups excluding carboxylic acids is 1. The van der Waals surface area contributed by atoms with Gasteiger partial charge < -0.3 is 10.6 Å². The first-order valence-electron chi connectivity index (χ1n) is 6.55. The molecule has 0 bridgehead atoms. The van der Waals surface area contributed by atoms with Crippen LogP contribution in [0.4, 0.5) is 10.1 Å². The molecule has 21 heavy (non-hydrogen) atoms. The fourth-order valence-electron chi connectivity index (χ4n) is 1.98. The Hall–Kier alpha value is -2.07. The molecule has 0 aliphatic rings. The summed E-state index contributed by atoms with van der Waals surface area (Å²) >= 11 is 5.67. The maximum Gasteiger partial charge on any atom is 0.251 e. The van der Waals surface area contributed by atoms with E-state index in [2.05, 4.69) is 10.6 Å². The van der Waals surface area contributed by atoms with Gasteiger partial charge in [0.05, 0.1) is 5.02 Å². The first kappa shape index (κ1) is 15.3. The van der Waals surface area contributed by atoms with Crippen LogP contribution in [0.15, 0.2) is 42.5 Å². The van der Waals surface area contributed by atoms with E-state index in [1.807, 2.05) is 19.1 Å². The molecule has 0 aliphatic carbocycles. The van der Waals surface area contributed by atoms with Gasteiger partial charge in [0.25, 0.3) is 5.91 Å². The Balaban J connectivity index is 2.10. The van der Waals surface area contributed by atoms with Gasteiger partial charge in [-0.1, -0.05) is 17.7 Å². The predicted octanol–water partition coefficient (Wildman–Crippen LogP) is 4.01. The SMILES string of the molecule is CNC(=O)c1ccc(NC(C)c2ccc(Cl)c(F)c2)cc1. The molecule has 0 saturated heterocycles. The first-order valence-corrected chi connectivity index (χ1v) is 6.92. The van der Waals surface area contributed by atoms with Crippen LogP contribution >= 0.6 is 11.6 Å². The number of rotatable bonds is 4. The lowest BCUT2D eigenvalue weighted by Gasteiger charge is -2.16. The normalized spacial score (nSPS) is 11.8. The number of anilines is 1. The topological polar surface area (TPSA) is 41.1 Å². The molecule has 0 spiro atoms. The van der Waals surface area contributed by atoms with Gasteiger partial charge in [-0.3, -0.25) is 4.79 Å². The summed E-state index contributed by atoms with van der Waals surface area (Å²) in [5.41, 5.74) is 2.24. The van der Waals surface area contributed by atoms with Crippen LogP contribution in [0, 0.1) is 5.82 Å². The zero-order chi connectivity index (χ0) is 15.4. The van der Waals surface area contributed by atoms with E-state index in [1.54, 1.807) is 31.3 Å². The Kier molecular flexibility index (Phi) is 4.81. The second-order valence-electron chi connectivity index (χ2n) is 4.70. The average Bonchev–Trinajstić information content (AvgIpc) is 2.50. The largest absolute Gasteiger partial charge is 0.379 e. The number of hydrogen-bond donors (Lipinski definition) is 2. The van der Waals surface area contributed by atoms with Gasteiger partial charge in [-0.25, -0.2) is 4.39 Å². The van der Waals surface area contributed by atoms with Crippen LogP contribution in [0.2, 0.25) is 5.02 Å². The molecule has 0 aromatic heterocycles. The van der Waals surface area contributed by atoms with Crippen LogP contribution in [-0.4, -0.2) is 13.0 Å². The molecule has 1 amide bonds. The number of amides is 1. The molecule has 1 atom stereocenters. The molecule has 0 saturated carbocycles. The summed E-state index contributed by atoms with van der Waals surface area (Å²) in [6, 6.07) is 11.7. The van der Waals surface area contributed by atoms with Crippen LogP contribution in [-0.2, 0) is 0 Å². The third-order valence-corrected chi connectivity index (χ3v) is 3.51. The monoisotopic (exact) mass is 306 g/mol. The van der Waals surface area contributed by atoms with Crippen molar-refractivity contribution in [1.29, 1.82) is 0 Å². The second-order valence-corrected chi connectivity index (χ2v) is 5.10. The highest BCUT2D eigenvalue weighted by Crippen LogP contribution is 2.23. The molecule has 2 aromatic carbocycles. The van der Waals surface area contributed by atoms with E-state index in [0.717, 1.165) is 11.3 Å². The standard InChI is InChI=1S/C16H16ClFN2O/c1-10(12-5-8-14(17)15(18)9-12)20-13-6-3-11(4-7-13)16(21)19-2/h3-10,20H,1-2H3,(H,19,21). The highest BCUT2D eigenvalue weighted by atomic mass is 35.5. The minimum Gasteiger partial charge on any atom is -0.379 e. The number of benzene rings is 2. The van der Waals surface area contributed by atoms with E-state index in [0.29, 0.717) is 5.56 Å². The molecule has 1 unspecified atom stereocenters. The minimum absolute atomic E-state index is 0.0809. The van der Waals surface area contributed by atoms with Gasteiger partial charge >= 0.3 is 0 Å². The van der Waals surface area contributed by atoms with E-state index >= 15 is 0 Å². The van der Waals surface area contributed by atoms with Crippen molar-refractivity contribution in [3.05, 3.63) is 64.4 Å². The number of hydrogen-bond acceptors (Lipinski definition) is 2. The summed E-state index contributed by atoms with van der Waals surface area (Å²) in [7, 11) is 1.59. The molecule has 110 valence electrons. The Bertz CT molecular complexity index is 643. The molecule has 2 rings (SSSR count). The zero-order valence-corrected chi connectivity index (χ0v) is 12.5. The summed E-state index contributed by atoms with van der Waals surface area (Å²) in [6.07, 6.45) is 0. The Labute approximate surface area is 128 Å². The molecule has 0 fully saturated rings. The van der Waals surface area contributed by atoms with Crippen molar-refractivity contribution in [3.8, 4) is 0 Å². The predicted molar refractivity (Wildman–Crippen MR) is 83.3 cm³/mol. The van der Waals surface area contributed by atoms with Crippen molar-refractivity contribution in [2.24, 2.45) is 0 Å². The Morgan fingerprint density at radius 2 is 1.86 bits per heavy atom. The average molecular weight is 307 g/mol. The van der Waals surface area contributed by atoms with Crippen molar-refractivity contribution in [2.45, 2.75) is 13.0 Å². The van der Waals surface area contributed by atoms with E-state index in [4.69, 9.17) is 11.6 Å². The maximum atomic E-state index is 13.5. The van der Waals surface area contributed by atoms with E-state index < -0.39 is 5.82 Å². The summed E-state index contributed by atoms with van der Waals surface area (Å²) in [5, 5.41) is 5.92. The van der Waals surface area contributed by atoms with E-state index in [-0.39, 0.29) is 17.0 Å².